The molecule has 5 heteroatoms. The molecule has 0 amide bonds. The summed E-state index contributed by atoms with van der Waals surface area (Å²) in [5, 5.41) is 12.7. The maximum Gasteiger partial charge on any atom is 0.153 e. The molecular weight excluding hydrogens is 190 g/mol. The Morgan fingerprint density at radius 2 is 1.92 bits per heavy atom. The lowest BCUT2D eigenvalue weighted by Gasteiger charge is -2.30. The molecule has 2 atom stereocenters. The Labute approximate surface area is 78.3 Å². The van der Waals surface area contributed by atoms with Crippen LogP contribution in [0.25, 0.3) is 0 Å². The van der Waals surface area contributed by atoms with Gasteiger partial charge in [-0.1, -0.05) is 0 Å². The van der Waals surface area contributed by atoms with Gasteiger partial charge in [0.25, 0.3) is 0 Å². The molecule has 2 fully saturated rings. The van der Waals surface area contributed by atoms with Gasteiger partial charge >= 0.3 is 0 Å². The summed E-state index contributed by atoms with van der Waals surface area (Å²) in [4.78, 5) is 0. The Bertz CT molecular complexity index is 276. The molecule has 2 aliphatic rings. The van der Waals surface area contributed by atoms with Gasteiger partial charge in [0.2, 0.25) is 0 Å². The average molecular weight is 205 g/mol. The van der Waals surface area contributed by atoms with Gasteiger partial charge in [-0.3, -0.25) is 0 Å². The smallest absolute Gasteiger partial charge is 0.153 e. The SMILES string of the molecule is O=S1(=O)CC(N[C@@H]2CCC[C@H]2O)C1. The Hall–Kier alpha value is -0.130. The average Bonchev–Trinajstić information content (AvgIpc) is 2.33. The first-order chi connectivity index (χ1) is 6.07. The van der Waals surface area contributed by atoms with Crippen LogP contribution >= 0.6 is 0 Å². The van der Waals surface area contributed by atoms with Crippen molar-refractivity contribution < 1.29 is 13.5 Å². The van der Waals surface area contributed by atoms with Crippen molar-refractivity contribution in [2.45, 2.75) is 37.5 Å². The second-order valence-corrected chi connectivity index (χ2v) is 6.20. The van der Waals surface area contributed by atoms with Gasteiger partial charge in [-0.25, -0.2) is 8.42 Å². The summed E-state index contributed by atoms with van der Waals surface area (Å²) < 4.78 is 21.7. The molecule has 0 bridgehead atoms. The van der Waals surface area contributed by atoms with Crippen LogP contribution in [0.3, 0.4) is 0 Å². The summed E-state index contributed by atoms with van der Waals surface area (Å²) in [6.45, 7) is 0. The van der Waals surface area contributed by atoms with Crippen LogP contribution in [0.15, 0.2) is 0 Å². The van der Waals surface area contributed by atoms with Gasteiger partial charge in [-0.05, 0) is 19.3 Å². The van der Waals surface area contributed by atoms with E-state index in [0.29, 0.717) is 0 Å². The maximum atomic E-state index is 10.9. The largest absolute Gasteiger partial charge is 0.392 e. The zero-order valence-corrected chi connectivity index (χ0v) is 8.26. The molecule has 76 valence electrons. The fourth-order valence-electron chi connectivity index (χ4n) is 2.10. The Morgan fingerprint density at radius 3 is 2.38 bits per heavy atom. The minimum atomic E-state index is -2.73. The van der Waals surface area contributed by atoms with Crippen molar-refractivity contribution in [1.82, 2.24) is 5.32 Å². The van der Waals surface area contributed by atoms with Crippen molar-refractivity contribution in [3.05, 3.63) is 0 Å². The van der Waals surface area contributed by atoms with E-state index in [9.17, 15) is 13.5 Å². The first-order valence-corrected chi connectivity index (χ1v) is 6.53. The standard InChI is InChI=1S/C8H15NO3S/c10-8-3-1-2-7(8)9-6-4-13(11,12)5-6/h6-10H,1-5H2/t7-,8-/m1/s1. The van der Waals surface area contributed by atoms with E-state index >= 15 is 0 Å². The zero-order chi connectivity index (χ0) is 9.47. The molecule has 0 aromatic heterocycles. The molecule has 1 saturated carbocycles. The number of aliphatic hydroxyl groups excluding tert-OH is 1. The minimum absolute atomic E-state index is 0.0859. The highest BCUT2D eigenvalue weighted by atomic mass is 32.2. The molecule has 0 spiro atoms. The van der Waals surface area contributed by atoms with Crippen molar-refractivity contribution in [1.29, 1.82) is 0 Å². The Morgan fingerprint density at radius 1 is 1.23 bits per heavy atom. The molecule has 0 radical (unpaired) electrons. The first kappa shape index (κ1) is 9.43. The maximum absolute atomic E-state index is 10.9. The molecule has 4 nitrogen and oxygen atoms in total. The van der Waals surface area contributed by atoms with Crippen LogP contribution in [0.5, 0.6) is 0 Å². The van der Waals surface area contributed by atoms with Gasteiger partial charge < -0.3 is 10.4 Å². The summed E-state index contributed by atoms with van der Waals surface area (Å²) in [6.07, 6.45) is 2.58. The van der Waals surface area contributed by atoms with Crippen LogP contribution in [0, 0.1) is 0 Å². The van der Waals surface area contributed by atoms with Crippen molar-refractivity contribution in [3.8, 4) is 0 Å². The van der Waals surface area contributed by atoms with Crippen LogP contribution in [0.4, 0.5) is 0 Å². The molecule has 0 aromatic carbocycles. The van der Waals surface area contributed by atoms with E-state index < -0.39 is 9.84 Å². The first-order valence-electron chi connectivity index (χ1n) is 4.71. The van der Waals surface area contributed by atoms with E-state index in [-0.39, 0.29) is 29.7 Å². The summed E-state index contributed by atoms with van der Waals surface area (Å²) in [7, 11) is -2.73. The van der Waals surface area contributed by atoms with Gasteiger partial charge in [0.05, 0.1) is 17.6 Å². The third-order valence-corrected chi connectivity index (χ3v) is 4.66. The normalized spacial score (nSPS) is 38.8. The second-order valence-electron chi connectivity index (χ2n) is 4.05. The summed E-state index contributed by atoms with van der Waals surface area (Å²) in [5.74, 6) is 0.493. The van der Waals surface area contributed by atoms with Gasteiger partial charge in [0.1, 0.15) is 0 Å². The lowest BCUT2D eigenvalue weighted by molar-refractivity contribution is 0.144. The quantitative estimate of drug-likeness (QED) is 0.625. The van der Waals surface area contributed by atoms with Gasteiger partial charge in [-0.15, -0.1) is 0 Å². The van der Waals surface area contributed by atoms with Crippen LogP contribution in [-0.2, 0) is 9.84 Å². The lowest BCUT2D eigenvalue weighted by atomic mass is 10.2. The molecule has 1 heterocycles. The summed E-state index contributed by atoms with van der Waals surface area (Å²) in [6, 6.07) is 0.211. The highest BCUT2D eigenvalue weighted by Crippen LogP contribution is 2.21. The highest BCUT2D eigenvalue weighted by Gasteiger charge is 2.36. The number of hydrogen-bond donors (Lipinski definition) is 2. The molecule has 13 heavy (non-hydrogen) atoms. The second kappa shape index (κ2) is 3.22. The fourth-order valence-corrected chi connectivity index (χ4v) is 3.42. The topological polar surface area (TPSA) is 66.4 Å². The van der Waals surface area contributed by atoms with Crippen molar-refractivity contribution >= 4 is 9.84 Å². The molecule has 2 rings (SSSR count). The van der Waals surface area contributed by atoms with Crippen LogP contribution in [0.2, 0.25) is 0 Å². The predicted molar refractivity (Wildman–Crippen MR) is 49.2 cm³/mol. The number of sulfone groups is 1. The molecule has 1 aliphatic heterocycles. The Kier molecular flexibility index (Phi) is 2.33. The molecule has 0 unspecified atom stereocenters. The Balaban J connectivity index is 1.80. The highest BCUT2D eigenvalue weighted by molar-refractivity contribution is 7.92. The van der Waals surface area contributed by atoms with Crippen molar-refractivity contribution in [2.24, 2.45) is 0 Å². The fraction of sp³-hybridized carbons (Fsp3) is 1.00. The van der Waals surface area contributed by atoms with Crippen molar-refractivity contribution in [2.75, 3.05) is 11.5 Å². The molecular formula is C8H15NO3S. The molecule has 0 aromatic rings. The lowest BCUT2D eigenvalue weighted by Crippen LogP contribution is -2.55. The number of nitrogens with one attached hydrogen (secondary N) is 1. The molecule has 1 aliphatic carbocycles. The van der Waals surface area contributed by atoms with Crippen LogP contribution in [0.1, 0.15) is 19.3 Å². The van der Waals surface area contributed by atoms with E-state index in [0.717, 1.165) is 19.3 Å². The van der Waals surface area contributed by atoms with Gasteiger partial charge in [0, 0.05) is 12.1 Å². The van der Waals surface area contributed by atoms with E-state index in [4.69, 9.17) is 0 Å². The van der Waals surface area contributed by atoms with E-state index in [1.165, 1.54) is 0 Å². The van der Waals surface area contributed by atoms with Crippen LogP contribution in [-0.4, -0.2) is 43.2 Å². The summed E-state index contributed by atoms with van der Waals surface area (Å²) >= 11 is 0. The zero-order valence-electron chi connectivity index (χ0n) is 7.44. The van der Waals surface area contributed by atoms with E-state index in [1.54, 1.807) is 0 Å². The molecule has 2 N–H and O–H groups in total. The number of aliphatic hydroxyl groups is 1. The summed E-state index contributed by atoms with van der Waals surface area (Å²) in [5.41, 5.74) is 0. The number of rotatable bonds is 2. The monoisotopic (exact) mass is 205 g/mol. The third-order valence-electron chi connectivity index (χ3n) is 2.84. The molecule has 1 saturated heterocycles. The minimum Gasteiger partial charge on any atom is -0.392 e. The third kappa shape index (κ3) is 2.03. The van der Waals surface area contributed by atoms with E-state index in [1.807, 2.05) is 0 Å². The van der Waals surface area contributed by atoms with Gasteiger partial charge in [0.15, 0.2) is 9.84 Å². The predicted octanol–water partition coefficient (Wildman–Crippen LogP) is -0.714. The van der Waals surface area contributed by atoms with Crippen molar-refractivity contribution in [3.63, 3.8) is 0 Å². The van der Waals surface area contributed by atoms with Gasteiger partial charge in [-0.2, -0.15) is 0 Å². The van der Waals surface area contributed by atoms with E-state index in [2.05, 4.69) is 5.32 Å². The number of hydrogen-bond acceptors (Lipinski definition) is 4. The van der Waals surface area contributed by atoms with Crippen LogP contribution < -0.4 is 5.32 Å².